The molecule has 0 aromatic heterocycles. The van der Waals surface area contributed by atoms with Crippen LogP contribution in [0.5, 0.6) is 0 Å². The van der Waals surface area contributed by atoms with Crippen molar-refractivity contribution >= 4 is 56.6 Å². The van der Waals surface area contributed by atoms with Crippen molar-refractivity contribution in [2.24, 2.45) is 35.5 Å². The van der Waals surface area contributed by atoms with Gasteiger partial charge in [-0.2, -0.15) is 0 Å². The van der Waals surface area contributed by atoms with Crippen molar-refractivity contribution in [3.05, 3.63) is 69.7 Å². The van der Waals surface area contributed by atoms with Crippen LogP contribution in [0.3, 0.4) is 0 Å². The van der Waals surface area contributed by atoms with E-state index >= 15 is 0 Å². The summed E-state index contributed by atoms with van der Waals surface area (Å²) in [5.41, 5.74) is 1.39. The van der Waals surface area contributed by atoms with E-state index in [1.165, 1.54) is 4.90 Å². The van der Waals surface area contributed by atoms with E-state index in [9.17, 15) is 14.4 Å². The van der Waals surface area contributed by atoms with Crippen LogP contribution in [0.15, 0.2) is 59.1 Å². The summed E-state index contributed by atoms with van der Waals surface area (Å²) in [6, 6.07) is 11.8. The van der Waals surface area contributed by atoms with Gasteiger partial charge in [0.1, 0.15) is 0 Å². The lowest BCUT2D eigenvalue weighted by molar-refractivity contribution is -0.124. The number of nitrogens with one attached hydrogen (secondary N) is 1. The molecule has 4 aliphatic carbocycles. The molecule has 5 aliphatic rings. The summed E-state index contributed by atoms with van der Waals surface area (Å²) in [6.45, 7) is 0. The van der Waals surface area contributed by atoms with Gasteiger partial charge in [-0.25, -0.2) is 4.90 Å². The lowest BCUT2D eigenvalue weighted by atomic mass is 9.63. The first-order valence-electron chi connectivity index (χ1n) is 10.4. The highest BCUT2D eigenvalue weighted by Gasteiger charge is 2.67. The Labute approximate surface area is 192 Å². The third-order valence-corrected chi connectivity index (χ3v) is 8.44. The number of imide groups is 1. The second-order valence-corrected chi connectivity index (χ2v) is 10.1. The predicted molar refractivity (Wildman–Crippen MR) is 121 cm³/mol. The Balaban J connectivity index is 1.28. The number of anilines is 2. The number of hydrogen-bond acceptors (Lipinski definition) is 3. The zero-order chi connectivity index (χ0) is 21.4. The van der Waals surface area contributed by atoms with Crippen LogP contribution in [0, 0.1) is 35.5 Å². The monoisotopic (exact) mass is 496 g/mol. The van der Waals surface area contributed by atoms with Crippen molar-refractivity contribution in [1.82, 2.24) is 0 Å². The van der Waals surface area contributed by atoms with Gasteiger partial charge in [-0.1, -0.05) is 29.8 Å². The van der Waals surface area contributed by atoms with E-state index in [1.807, 2.05) is 0 Å². The zero-order valence-corrected chi connectivity index (χ0v) is 18.6. The Hall–Kier alpha value is -2.44. The summed E-state index contributed by atoms with van der Waals surface area (Å²) in [5.74, 6) is 0.367. The summed E-state index contributed by atoms with van der Waals surface area (Å²) < 4.78 is 0.739. The summed E-state index contributed by atoms with van der Waals surface area (Å²) in [5, 5.41) is 3.30. The van der Waals surface area contributed by atoms with Gasteiger partial charge in [0.25, 0.3) is 5.91 Å². The number of amides is 3. The molecule has 1 heterocycles. The van der Waals surface area contributed by atoms with Crippen LogP contribution in [0.2, 0.25) is 5.02 Å². The molecule has 2 bridgehead atoms. The zero-order valence-electron chi connectivity index (χ0n) is 16.3. The summed E-state index contributed by atoms with van der Waals surface area (Å²) in [4.78, 5) is 40.7. The van der Waals surface area contributed by atoms with Gasteiger partial charge in [0, 0.05) is 15.7 Å². The second kappa shape index (κ2) is 6.78. The van der Waals surface area contributed by atoms with E-state index in [2.05, 4.69) is 33.4 Å². The molecule has 6 atom stereocenters. The minimum Gasteiger partial charge on any atom is -0.322 e. The number of halogens is 2. The van der Waals surface area contributed by atoms with Gasteiger partial charge in [0.05, 0.1) is 22.5 Å². The number of carbonyl (C=O) groups excluding carboxylic acids is 3. The Bertz CT molecular complexity index is 1160. The molecule has 7 heteroatoms. The van der Waals surface area contributed by atoms with Crippen molar-refractivity contribution in [2.75, 3.05) is 10.2 Å². The van der Waals surface area contributed by atoms with Crippen molar-refractivity contribution in [2.45, 2.75) is 6.42 Å². The van der Waals surface area contributed by atoms with Crippen molar-refractivity contribution < 1.29 is 14.4 Å². The van der Waals surface area contributed by atoms with Crippen LogP contribution < -0.4 is 10.2 Å². The molecule has 0 spiro atoms. The van der Waals surface area contributed by atoms with E-state index in [0.29, 0.717) is 33.8 Å². The summed E-state index contributed by atoms with van der Waals surface area (Å²) >= 11 is 9.43. The minimum absolute atomic E-state index is 0.128. The van der Waals surface area contributed by atoms with Gasteiger partial charge in [-0.15, -0.1) is 0 Å². The Morgan fingerprint density at radius 2 is 1.68 bits per heavy atom. The first kappa shape index (κ1) is 19.3. The van der Waals surface area contributed by atoms with E-state index in [4.69, 9.17) is 11.6 Å². The number of nitrogens with zero attached hydrogens (tertiary/aromatic N) is 1. The SMILES string of the molecule is O=C(Nc1ccc(Br)c(Cl)c1)c1cccc(N2C(=O)[C@@H]3[C@H]4C=C[C@H]([C@H]5C[C@H]45)[C@@H]3C2=O)c1. The van der Waals surface area contributed by atoms with Crippen LogP contribution in [0.4, 0.5) is 11.4 Å². The summed E-state index contributed by atoms with van der Waals surface area (Å²) in [6.07, 6.45) is 5.44. The molecule has 7 rings (SSSR count). The number of benzene rings is 2. The van der Waals surface area contributed by atoms with Crippen LogP contribution in [0.25, 0.3) is 0 Å². The van der Waals surface area contributed by atoms with Crippen LogP contribution in [-0.2, 0) is 9.59 Å². The van der Waals surface area contributed by atoms with Crippen molar-refractivity contribution in [1.29, 1.82) is 0 Å². The van der Waals surface area contributed by atoms with Crippen LogP contribution in [-0.4, -0.2) is 17.7 Å². The molecule has 156 valence electrons. The normalized spacial score (nSPS) is 32.1. The van der Waals surface area contributed by atoms with Crippen LogP contribution >= 0.6 is 27.5 Å². The Morgan fingerprint density at radius 3 is 2.32 bits per heavy atom. The highest BCUT2D eigenvalue weighted by atomic mass is 79.9. The molecule has 3 fully saturated rings. The molecule has 1 N–H and O–H groups in total. The molecule has 3 amide bonds. The first-order chi connectivity index (χ1) is 14.9. The fourth-order valence-electron chi connectivity index (χ4n) is 5.77. The molecule has 31 heavy (non-hydrogen) atoms. The fourth-order valence-corrected chi connectivity index (χ4v) is 6.20. The number of allylic oxidation sites excluding steroid dienone is 2. The molecule has 0 radical (unpaired) electrons. The molecule has 2 aromatic carbocycles. The first-order valence-corrected chi connectivity index (χ1v) is 11.5. The predicted octanol–water partition coefficient (Wildman–Crippen LogP) is 4.91. The van der Waals surface area contributed by atoms with Gasteiger partial charge in [0.2, 0.25) is 11.8 Å². The highest BCUT2D eigenvalue weighted by Crippen LogP contribution is 2.65. The molecule has 5 nitrogen and oxygen atoms in total. The van der Waals surface area contributed by atoms with Crippen molar-refractivity contribution in [3.63, 3.8) is 0 Å². The number of hydrogen-bond donors (Lipinski definition) is 1. The maximum Gasteiger partial charge on any atom is 0.255 e. The standard InChI is InChI=1S/C24H18BrClN2O3/c25-18-7-4-12(9-19(18)26)27-22(29)11-2-1-3-13(8-11)28-23(30)20-14-5-6-15(17-10-16(14)17)21(20)24(28)31/h1-9,14-17,20-21H,10H2,(H,27,29)/t14-,15+,16-,17-,20+,21-/m1/s1. The maximum atomic E-state index is 13.3. The van der Waals surface area contributed by atoms with Gasteiger partial charge < -0.3 is 5.32 Å². The third-order valence-electron chi connectivity index (χ3n) is 7.21. The highest BCUT2D eigenvalue weighted by molar-refractivity contribution is 9.10. The minimum atomic E-state index is -0.334. The lowest BCUT2D eigenvalue weighted by Gasteiger charge is -2.37. The molecule has 0 unspecified atom stereocenters. The Kier molecular flexibility index (Phi) is 4.21. The average molecular weight is 498 g/mol. The molecule has 1 saturated heterocycles. The average Bonchev–Trinajstić information content (AvgIpc) is 3.54. The van der Waals surface area contributed by atoms with E-state index < -0.39 is 0 Å². The lowest BCUT2D eigenvalue weighted by Crippen LogP contribution is -2.40. The summed E-state index contributed by atoms with van der Waals surface area (Å²) in [7, 11) is 0. The third kappa shape index (κ3) is 2.84. The van der Waals surface area contributed by atoms with Gasteiger partial charge in [-0.3, -0.25) is 14.4 Å². The second-order valence-electron chi connectivity index (χ2n) is 8.80. The Morgan fingerprint density at radius 1 is 1.00 bits per heavy atom. The maximum absolute atomic E-state index is 13.3. The quantitative estimate of drug-likeness (QED) is 0.484. The molecule has 1 aliphatic heterocycles. The van der Waals surface area contributed by atoms with Gasteiger partial charge in [0.15, 0.2) is 0 Å². The molecule has 2 aromatic rings. The molecule has 2 saturated carbocycles. The van der Waals surface area contributed by atoms with Crippen molar-refractivity contribution in [3.8, 4) is 0 Å². The van der Waals surface area contributed by atoms with E-state index in [0.717, 1.165) is 10.9 Å². The number of carbonyl (C=O) groups is 3. The largest absolute Gasteiger partial charge is 0.322 e. The topological polar surface area (TPSA) is 66.5 Å². The number of rotatable bonds is 3. The van der Waals surface area contributed by atoms with E-state index in [-0.39, 0.29) is 41.4 Å². The smallest absolute Gasteiger partial charge is 0.255 e. The fraction of sp³-hybridized carbons (Fsp3) is 0.292. The van der Waals surface area contributed by atoms with Gasteiger partial charge >= 0.3 is 0 Å². The molecular formula is C24H18BrClN2O3. The van der Waals surface area contributed by atoms with Gasteiger partial charge in [-0.05, 0) is 82.4 Å². The van der Waals surface area contributed by atoms with Crippen LogP contribution in [0.1, 0.15) is 16.8 Å². The van der Waals surface area contributed by atoms with E-state index in [1.54, 1.807) is 42.5 Å². The molecular weight excluding hydrogens is 480 g/mol.